The van der Waals surface area contributed by atoms with Crippen molar-refractivity contribution >= 4 is 21.5 Å². The maximum absolute atomic E-state index is 5.12. The molecule has 0 amide bonds. The first-order chi connectivity index (χ1) is 8.36. The monoisotopic (exact) mass is 224 g/mol. The van der Waals surface area contributed by atoms with Crippen LogP contribution in [0.5, 0.6) is 5.75 Å². The molecule has 0 aromatic heterocycles. The Kier molecular flexibility index (Phi) is 2.40. The minimum atomic E-state index is 0.704. The zero-order chi connectivity index (χ0) is 11.7. The molecule has 3 rings (SSSR count). The first kappa shape index (κ1) is 10.1. The predicted octanol–water partition coefficient (Wildman–Crippen LogP) is 2.75. The van der Waals surface area contributed by atoms with E-state index in [1.54, 1.807) is 0 Å². The lowest BCUT2D eigenvalue weighted by Crippen LogP contribution is -2.25. The van der Waals surface area contributed by atoms with Gasteiger partial charge in [0.25, 0.3) is 0 Å². The molecule has 0 saturated carbocycles. The molecule has 3 aromatic rings. The Hall–Kier alpha value is -2.10. The largest absolute Gasteiger partial charge is 0.394 e. The van der Waals surface area contributed by atoms with Gasteiger partial charge in [-0.15, -0.1) is 0 Å². The summed E-state index contributed by atoms with van der Waals surface area (Å²) in [5.41, 5.74) is 2.19. The van der Waals surface area contributed by atoms with Crippen molar-refractivity contribution in [2.45, 2.75) is 0 Å². The molecule has 17 heavy (non-hydrogen) atoms. The van der Waals surface area contributed by atoms with Gasteiger partial charge in [0.2, 0.25) is 0 Å². The average Bonchev–Trinajstić information content (AvgIpc) is 2.36. The molecule has 0 aliphatic rings. The summed E-state index contributed by atoms with van der Waals surface area (Å²) in [6.45, 7) is 0. The second-order valence-electron chi connectivity index (χ2n) is 3.93. The van der Waals surface area contributed by atoms with Crippen LogP contribution in [0.2, 0.25) is 0 Å². The first-order valence-electron chi connectivity index (χ1n) is 5.42. The SMILES string of the molecule is NNOc1ccc2cc3ccccc3cc2c1. The van der Waals surface area contributed by atoms with Crippen LogP contribution in [0.25, 0.3) is 21.5 Å². The van der Waals surface area contributed by atoms with Gasteiger partial charge in [-0.3, -0.25) is 0 Å². The Balaban J connectivity index is 2.25. The Labute approximate surface area is 98.7 Å². The smallest absolute Gasteiger partial charge is 0.149 e. The summed E-state index contributed by atoms with van der Waals surface area (Å²) in [7, 11) is 0. The topological polar surface area (TPSA) is 47.3 Å². The van der Waals surface area contributed by atoms with Crippen LogP contribution in [0.1, 0.15) is 0 Å². The highest BCUT2D eigenvalue weighted by molar-refractivity contribution is 5.98. The fourth-order valence-corrected chi connectivity index (χ4v) is 2.05. The molecule has 0 aliphatic carbocycles. The summed E-state index contributed by atoms with van der Waals surface area (Å²) < 4.78 is 0. The molecule has 0 saturated heterocycles. The molecule has 0 aliphatic heterocycles. The van der Waals surface area contributed by atoms with E-state index in [1.807, 2.05) is 30.3 Å². The third-order valence-corrected chi connectivity index (χ3v) is 2.85. The average molecular weight is 224 g/mol. The number of nitrogens with one attached hydrogen (secondary N) is 1. The van der Waals surface area contributed by atoms with E-state index in [-0.39, 0.29) is 0 Å². The second kappa shape index (κ2) is 4.05. The van der Waals surface area contributed by atoms with Crippen LogP contribution in [0, 0.1) is 0 Å². The van der Waals surface area contributed by atoms with Crippen LogP contribution in [0.4, 0.5) is 0 Å². The summed E-state index contributed by atoms with van der Waals surface area (Å²) in [5.74, 6) is 5.83. The summed E-state index contributed by atoms with van der Waals surface area (Å²) >= 11 is 0. The summed E-state index contributed by atoms with van der Waals surface area (Å²) in [6.07, 6.45) is 0. The maximum atomic E-state index is 5.12. The number of hydrogen-bond donors (Lipinski definition) is 2. The molecule has 3 N–H and O–H groups in total. The first-order valence-corrected chi connectivity index (χ1v) is 5.42. The number of rotatable bonds is 2. The normalized spacial score (nSPS) is 10.9. The summed E-state index contributed by atoms with van der Waals surface area (Å²) in [4.78, 5) is 5.05. The van der Waals surface area contributed by atoms with Crippen LogP contribution in [0.15, 0.2) is 54.6 Å². The Bertz CT molecular complexity index is 679. The van der Waals surface area contributed by atoms with E-state index in [1.165, 1.54) is 16.2 Å². The van der Waals surface area contributed by atoms with Gasteiger partial charge in [-0.1, -0.05) is 35.9 Å². The van der Waals surface area contributed by atoms with Gasteiger partial charge in [0.1, 0.15) is 5.75 Å². The van der Waals surface area contributed by atoms with Gasteiger partial charge in [-0.25, -0.2) is 5.84 Å². The van der Waals surface area contributed by atoms with Gasteiger partial charge in [-0.2, -0.15) is 0 Å². The molecule has 0 radical (unpaired) electrons. The number of nitrogens with two attached hydrogens (primary N) is 1. The predicted molar refractivity (Wildman–Crippen MR) is 69.4 cm³/mol. The van der Waals surface area contributed by atoms with E-state index in [4.69, 9.17) is 10.7 Å². The lowest BCUT2D eigenvalue weighted by Gasteiger charge is -2.05. The molecular weight excluding hydrogens is 212 g/mol. The fraction of sp³-hybridized carbons (Fsp3) is 0. The summed E-state index contributed by atoms with van der Waals surface area (Å²) in [6, 6.07) is 18.5. The Morgan fingerprint density at radius 3 is 2.12 bits per heavy atom. The van der Waals surface area contributed by atoms with E-state index in [0.717, 1.165) is 5.39 Å². The standard InChI is InChI=1S/C14H12N2O/c15-16-17-14-6-5-12-7-10-3-1-2-4-11(10)8-13(12)9-14/h1-9,16H,15H2. The molecule has 3 aromatic carbocycles. The van der Waals surface area contributed by atoms with Crippen molar-refractivity contribution in [2.75, 3.05) is 0 Å². The van der Waals surface area contributed by atoms with Gasteiger partial charge < -0.3 is 4.84 Å². The van der Waals surface area contributed by atoms with Gasteiger partial charge in [0, 0.05) is 0 Å². The maximum Gasteiger partial charge on any atom is 0.149 e. The van der Waals surface area contributed by atoms with E-state index >= 15 is 0 Å². The number of hydrazine groups is 1. The van der Waals surface area contributed by atoms with Crippen LogP contribution in [-0.4, -0.2) is 0 Å². The molecular formula is C14H12N2O. The number of hydrogen-bond acceptors (Lipinski definition) is 3. The lowest BCUT2D eigenvalue weighted by molar-refractivity contribution is 0.199. The van der Waals surface area contributed by atoms with Crippen molar-refractivity contribution in [1.29, 1.82) is 0 Å². The molecule has 84 valence electrons. The third-order valence-electron chi connectivity index (χ3n) is 2.85. The van der Waals surface area contributed by atoms with E-state index in [9.17, 15) is 0 Å². The van der Waals surface area contributed by atoms with Gasteiger partial charge in [0.05, 0.1) is 0 Å². The quantitative estimate of drug-likeness (QED) is 0.400. The molecule has 0 spiro atoms. The van der Waals surface area contributed by atoms with Crippen molar-refractivity contribution in [3.8, 4) is 5.75 Å². The minimum absolute atomic E-state index is 0.704. The van der Waals surface area contributed by atoms with Crippen LogP contribution >= 0.6 is 0 Å². The highest BCUT2D eigenvalue weighted by Gasteiger charge is 2.00. The molecule has 3 heteroatoms. The molecule has 0 atom stereocenters. The summed E-state index contributed by atoms with van der Waals surface area (Å²) in [5, 5.41) is 4.79. The molecule has 0 heterocycles. The number of benzene rings is 3. The van der Waals surface area contributed by atoms with Gasteiger partial charge in [0.15, 0.2) is 0 Å². The Morgan fingerprint density at radius 2 is 1.41 bits per heavy atom. The van der Waals surface area contributed by atoms with Gasteiger partial charge >= 0.3 is 0 Å². The van der Waals surface area contributed by atoms with Crippen molar-refractivity contribution in [1.82, 2.24) is 5.59 Å². The van der Waals surface area contributed by atoms with Crippen LogP contribution in [-0.2, 0) is 0 Å². The Morgan fingerprint density at radius 1 is 0.765 bits per heavy atom. The fourth-order valence-electron chi connectivity index (χ4n) is 2.05. The van der Waals surface area contributed by atoms with E-state index in [0.29, 0.717) is 5.75 Å². The van der Waals surface area contributed by atoms with E-state index in [2.05, 4.69) is 29.9 Å². The zero-order valence-electron chi connectivity index (χ0n) is 9.18. The highest BCUT2D eigenvalue weighted by Crippen LogP contribution is 2.25. The molecule has 3 nitrogen and oxygen atoms in total. The third kappa shape index (κ3) is 1.82. The molecule has 0 bridgehead atoms. The molecule has 0 fully saturated rings. The zero-order valence-corrected chi connectivity index (χ0v) is 9.18. The minimum Gasteiger partial charge on any atom is -0.394 e. The number of fused-ring (bicyclic) bond motifs is 2. The van der Waals surface area contributed by atoms with Crippen molar-refractivity contribution in [2.24, 2.45) is 5.84 Å². The van der Waals surface area contributed by atoms with Crippen LogP contribution < -0.4 is 16.3 Å². The highest BCUT2D eigenvalue weighted by atomic mass is 16.7. The van der Waals surface area contributed by atoms with Gasteiger partial charge in [-0.05, 0) is 45.8 Å². The van der Waals surface area contributed by atoms with Crippen molar-refractivity contribution in [3.05, 3.63) is 54.6 Å². The van der Waals surface area contributed by atoms with E-state index < -0.39 is 0 Å². The van der Waals surface area contributed by atoms with Crippen molar-refractivity contribution in [3.63, 3.8) is 0 Å². The molecule has 0 unspecified atom stereocenters. The van der Waals surface area contributed by atoms with Crippen molar-refractivity contribution < 1.29 is 4.84 Å². The van der Waals surface area contributed by atoms with Crippen LogP contribution in [0.3, 0.4) is 0 Å². The second-order valence-corrected chi connectivity index (χ2v) is 3.93. The lowest BCUT2D eigenvalue weighted by atomic mass is 10.0.